The molecule has 2 N–H and O–H groups in total. The molecule has 2 aromatic carbocycles. The Balaban J connectivity index is 1.30. The fourth-order valence-electron chi connectivity index (χ4n) is 6.49. The molecule has 13 heteroatoms. The topological polar surface area (TPSA) is 161 Å². The number of carbonyl (C=O) groups is 4. The lowest BCUT2D eigenvalue weighted by molar-refractivity contribution is -0.143. The number of ketones is 1. The Morgan fingerprint density at radius 1 is 1.10 bits per heavy atom. The molecular weight excluding hydrogens is 660 g/mol. The third-order valence-electron chi connectivity index (χ3n) is 9.60. The molecule has 2 heterocycles. The number of methoxy groups -OCH3 is 1. The maximum absolute atomic E-state index is 14.1. The predicted molar refractivity (Wildman–Crippen MR) is 187 cm³/mol. The first-order chi connectivity index (χ1) is 23.9. The second-order valence-electron chi connectivity index (χ2n) is 13.2. The van der Waals surface area contributed by atoms with Gasteiger partial charge in [-0.05, 0) is 37.5 Å². The second-order valence-corrected chi connectivity index (χ2v) is 15.2. The number of rotatable bonds is 14. The van der Waals surface area contributed by atoms with Crippen molar-refractivity contribution in [3.05, 3.63) is 79.9 Å². The van der Waals surface area contributed by atoms with E-state index < -0.39 is 62.5 Å². The van der Waals surface area contributed by atoms with Gasteiger partial charge in [0.15, 0.2) is 5.78 Å². The lowest BCUT2D eigenvalue weighted by Gasteiger charge is -2.28. The zero-order chi connectivity index (χ0) is 35.8. The number of pyridine rings is 1. The first kappa shape index (κ1) is 34.8. The van der Waals surface area contributed by atoms with Gasteiger partial charge >= 0.3 is 0 Å². The molecule has 12 nitrogen and oxygen atoms in total. The number of aromatic nitrogens is 1. The van der Waals surface area contributed by atoms with E-state index in [1.807, 2.05) is 42.5 Å². The van der Waals surface area contributed by atoms with E-state index in [1.54, 1.807) is 26.2 Å². The Bertz CT molecular complexity index is 1980. The molecule has 50 heavy (non-hydrogen) atoms. The lowest BCUT2D eigenvalue weighted by Crippen LogP contribution is -2.57. The van der Waals surface area contributed by atoms with Gasteiger partial charge in [-0.25, -0.2) is 13.4 Å². The molecule has 3 amide bonds. The van der Waals surface area contributed by atoms with E-state index in [2.05, 4.69) is 23.2 Å². The van der Waals surface area contributed by atoms with Crippen LogP contribution in [0.25, 0.3) is 22.2 Å². The molecule has 1 saturated heterocycles. The van der Waals surface area contributed by atoms with Crippen LogP contribution in [0, 0.1) is 11.8 Å². The van der Waals surface area contributed by atoms with E-state index in [-0.39, 0.29) is 31.6 Å². The van der Waals surface area contributed by atoms with Crippen molar-refractivity contribution in [2.45, 2.75) is 62.0 Å². The van der Waals surface area contributed by atoms with Gasteiger partial charge < -0.3 is 19.7 Å². The molecule has 0 radical (unpaired) electrons. The summed E-state index contributed by atoms with van der Waals surface area (Å²) in [6, 6.07) is 15.7. The summed E-state index contributed by atoms with van der Waals surface area (Å²) in [6.45, 7) is 8.88. The molecule has 3 fully saturated rings. The summed E-state index contributed by atoms with van der Waals surface area (Å²) in [4.78, 5) is 59.7. The third-order valence-corrected chi connectivity index (χ3v) is 11.4. The van der Waals surface area contributed by atoms with Gasteiger partial charge in [0.05, 0.1) is 30.1 Å². The maximum atomic E-state index is 14.1. The summed E-state index contributed by atoms with van der Waals surface area (Å²) in [7, 11) is -2.31. The number of fused-ring (bicyclic) bond motifs is 1. The number of hydrogen-bond donors (Lipinski definition) is 2. The smallest absolute Gasteiger partial charge is 0.259 e. The molecule has 5 atom stereocenters. The Hall–Kier alpha value is -5.04. The standard InChI is InChI=1S/C37H40N4O8S/c1-5-24-20-37(24,36(45)40-50(46,47)28-13-14-28)39-34(43)32-18-27(21-41(32)35(44)22(3)16-25(42)6-2)49-33-19-30(23-10-8-7-9-11-23)38-31-17-26(48-4)12-15-29(31)33/h5-12,15,17,19,22,24,27-28,32H,1-2,13-14,16,18,20-21H2,3-4H3,(H,39,43)(H,40,45)/t22-,24+,27+,32-,37+/m0/s1. The minimum Gasteiger partial charge on any atom is -0.497 e. The van der Waals surface area contributed by atoms with Crippen LogP contribution in [0.4, 0.5) is 0 Å². The number of sulfonamides is 1. The molecule has 0 unspecified atom stereocenters. The number of hydrogen-bond acceptors (Lipinski definition) is 9. The summed E-state index contributed by atoms with van der Waals surface area (Å²) in [5.74, 6) is -2.39. The van der Waals surface area contributed by atoms with Crippen LogP contribution < -0.4 is 19.5 Å². The quantitative estimate of drug-likeness (QED) is 0.189. The zero-order valence-electron chi connectivity index (χ0n) is 28.0. The number of nitrogens with zero attached hydrogens (tertiary/aromatic N) is 2. The minimum absolute atomic E-state index is 0.0182. The van der Waals surface area contributed by atoms with Crippen molar-refractivity contribution in [1.82, 2.24) is 19.9 Å². The molecule has 2 aliphatic carbocycles. The van der Waals surface area contributed by atoms with Gasteiger partial charge in [0, 0.05) is 47.8 Å². The number of nitrogens with one attached hydrogen (secondary N) is 2. The van der Waals surface area contributed by atoms with E-state index in [0.29, 0.717) is 40.9 Å². The van der Waals surface area contributed by atoms with E-state index in [0.717, 1.165) is 11.6 Å². The number of likely N-dealkylation sites (tertiary alicyclic amines) is 1. The number of carbonyl (C=O) groups excluding carboxylic acids is 4. The van der Waals surface area contributed by atoms with Gasteiger partial charge in [0.25, 0.3) is 5.91 Å². The summed E-state index contributed by atoms with van der Waals surface area (Å²) < 4.78 is 39.4. The van der Waals surface area contributed by atoms with Crippen LogP contribution in [-0.4, -0.2) is 78.4 Å². The van der Waals surface area contributed by atoms with Crippen molar-refractivity contribution >= 4 is 44.4 Å². The van der Waals surface area contributed by atoms with Crippen molar-refractivity contribution in [2.24, 2.45) is 11.8 Å². The Morgan fingerprint density at radius 3 is 2.48 bits per heavy atom. The van der Waals surface area contributed by atoms with Gasteiger partial charge in [-0.15, -0.1) is 6.58 Å². The van der Waals surface area contributed by atoms with Crippen LogP contribution in [0.3, 0.4) is 0 Å². The Labute approximate surface area is 291 Å². The molecule has 1 aliphatic heterocycles. The van der Waals surface area contributed by atoms with Gasteiger partial charge in [0.2, 0.25) is 21.8 Å². The van der Waals surface area contributed by atoms with Crippen molar-refractivity contribution in [3.8, 4) is 22.8 Å². The highest BCUT2D eigenvalue weighted by Gasteiger charge is 2.62. The Kier molecular flexibility index (Phi) is 9.54. The van der Waals surface area contributed by atoms with Crippen molar-refractivity contribution in [3.63, 3.8) is 0 Å². The predicted octanol–water partition coefficient (Wildman–Crippen LogP) is 3.71. The highest BCUT2D eigenvalue weighted by molar-refractivity contribution is 7.91. The third kappa shape index (κ3) is 7.00. The van der Waals surface area contributed by atoms with Gasteiger partial charge in [-0.1, -0.05) is 49.9 Å². The van der Waals surface area contributed by atoms with Crippen LogP contribution in [-0.2, 0) is 29.2 Å². The maximum Gasteiger partial charge on any atom is 0.259 e. The van der Waals surface area contributed by atoms with Gasteiger partial charge in [-0.2, -0.15) is 0 Å². The van der Waals surface area contributed by atoms with Crippen LogP contribution in [0.2, 0.25) is 0 Å². The van der Waals surface area contributed by atoms with Gasteiger partial charge in [0.1, 0.15) is 29.2 Å². The average Bonchev–Trinajstić information content (AvgIpc) is 4.04. The zero-order valence-corrected chi connectivity index (χ0v) is 28.8. The summed E-state index contributed by atoms with van der Waals surface area (Å²) in [5, 5.41) is 2.85. The van der Waals surface area contributed by atoms with Crippen LogP contribution in [0.5, 0.6) is 11.5 Å². The molecule has 1 aromatic heterocycles. The van der Waals surface area contributed by atoms with E-state index in [9.17, 15) is 27.6 Å². The summed E-state index contributed by atoms with van der Waals surface area (Å²) >= 11 is 0. The molecular formula is C37H40N4O8S. The fourth-order valence-corrected chi connectivity index (χ4v) is 7.85. The van der Waals surface area contributed by atoms with Crippen LogP contribution in [0.15, 0.2) is 79.9 Å². The number of benzene rings is 2. The molecule has 262 valence electrons. The molecule has 3 aliphatic rings. The molecule has 2 saturated carbocycles. The first-order valence-corrected chi connectivity index (χ1v) is 18.1. The lowest BCUT2D eigenvalue weighted by atomic mass is 10.0. The largest absolute Gasteiger partial charge is 0.497 e. The first-order valence-electron chi connectivity index (χ1n) is 16.6. The normalized spacial score (nSPS) is 23.4. The second kappa shape index (κ2) is 13.7. The van der Waals surface area contributed by atoms with Crippen molar-refractivity contribution in [2.75, 3.05) is 13.7 Å². The Morgan fingerprint density at radius 2 is 1.84 bits per heavy atom. The van der Waals surface area contributed by atoms with E-state index >= 15 is 0 Å². The van der Waals surface area contributed by atoms with E-state index in [1.165, 1.54) is 11.0 Å². The van der Waals surface area contributed by atoms with E-state index in [4.69, 9.17) is 14.5 Å². The number of ether oxygens (including phenoxy) is 2. The highest BCUT2D eigenvalue weighted by atomic mass is 32.2. The monoisotopic (exact) mass is 700 g/mol. The average molecular weight is 701 g/mol. The fraction of sp³-hybridized carbons (Fsp3) is 0.378. The summed E-state index contributed by atoms with van der Waals surface area (Å²) in [6.07, 6.45) is 3.05. The van der Waals surface area contributed by atoms with Crippen molar-refractivity contribution < 1.29 is 37.1 Å². The van der Waals surface area contributed by atoms with Crippen LogP contribution in [0.1, 0.15) is 39.0 Å². The molecule has 3 aromatic rings. The highest BCUT2D eigenvalue weighted by Crippen LogP contribution is 2.45. The summed E-state index contributed by atoms with van der Waals surface area (Å²) in [5.41, 5.74) is 0.605. The molecule has 0 spiro atoms. The van der Waals surface area contributed by atoms with Gasteiger partial charge in [-0.3, -0.25) is 23.9 Å². The SMILES string of the molecule is C=CC(=O)C[C@H](C)C(=O)N1C[C@H](Oc2cc(-c3ccccc3)nc3cc(OC)ccc23)C[C@H]1C(=O)N[C@]1(C(=O)NS(=O)(=O)C2CC2)C[C@H]1C=C. The van der Waals surface area contributed by atoms with Crippen molar-refractivity contribution in [1.29, 1.82) is 0 Å². The molecule has 6 rings (SSSR count). The number of amides is 3. The number of allylic oxidation sites excluding steroid dienone is 1. The minimum atomic E-state index is -3.88. The van der Waals surface area contributed by atoms with Crippen LogP contribution >= 0.6 is 0 Å². The molecule has 0 bridgehead atoms.